The van der Waals surface area contributed by atoms with Crippen molar-refractivity contribution in [2.75, 3.05) is 5.32 Å². The molecule has 0 atom stereocenters. The Morgan fingerprint density at radius 2 is 1.79 bits per heavy atom. The van der Waals surface area contributed by atoms with E-state index in [1.807, 2.05) is 13.0 Å². The van der Waals surface area contributed by atoms with Gasteiger partial charge in [-0.3, -0.25) is 10.1 Å². The molecule has 0 aliphatic heterocycles. The molecule has 3 rings (SSSR count). The molecular weight excluding hydrogens is 330 g/mol. The van der Waals surface area contributed by atoms with Gasteiger partial charge in [0.15, 0.2) is 0 Å². The minimum Gasteiger partial charge on any atom is -0.350 e. The van der Waals surface area contributed by atoms with Crippen LogP contribution in [0.2, 0.25) is 0 Å². The zero-order valence-corrected chi connectivity index (χ0v) is 13.8. The summed E-state index contributed by atoms with van der Waals surface area (Å²) < 4.78 is 27.6. The number of hydrogen-bond donors (Lipinski definition) is 2. The van der Waals surface area contributed by atoms with Gasteiger partial charge in [-0.25, -0.2) is 13.1 Å². The highest BCUT2D eigenvalue weighted by atomic mass is 32.2. The molecule has 0 heterocycles. The van der Waals surface area contributed by atoms with Crippen LogP contribution in [-0.2, 0) is 10.0 Å². The molecule has 2 aromatic carbocycles. The van der Waals surface area contributed by atoms with Crippen LogP contribution in [0.4, 0.5) is 17.1 Å². The fourth-order valence-corrected chi connectivity index (χ4v) is 3.78. The molecule has 0 saturated heterocycles. The largest absolute Gasteiger partial charge is 0.350 e. The molecule has 1 aliphatic rings. The predicted octanol–water partition coefficient (Wildman–Crippen LogP) is 3.17. The summed E-state index contributed by atoms with van der Waals surface area (Å²) in [6.07, 6.45) is 1.57. The van der Waals surface area contributed by atoms with Gasteiger partial charge in [-0.05, 0) is 44.0 Å². The summed E-state index contributed by atoms with van der Waals surface area (Å²) in [4.78, 5) is 10.7. The Kier molecular flexibility index (Phi) is 4.02. The molecular formula is C16H17N3O4S. The van der Waals surface area contributed by atoms with E-state index < -0.39 is 20.5 Å². The zero-order valence-electron chi connectivity index (χ0n) is 13.0. The normalized spacial score (nSPS) is 15.7. The Morgan fingerprint density at radius 3 is 2.38 bits per heavy atom. The highest BCUT2D eigenvalue weighted by Crippen LogP contribution is 2.37. The van der Waals surface area contributed by atoms with E-state index in [-0.39, 0.29) is 16.3 Å². The van der Waals surface area contributed by atoms with Crippen molar-refractivity contribution in [1.82, 2.24) is 4.72 Å². The van der Waals surface area contributed by atoms with E-state index in [1.54, 1.807) is 24.3 Å². The van der Waals surface area contributed by atoms with Crippen LogP contribution < -0.4 is 10.0 Å². The van der Waals surface area contributed by atoms with Crippen LogP contribution in [0.3, 0.4) is 0 Å². The average molecular weight is 347 g/mol. The van der Waals surface area contributed by atoms with Gasteiger partial charge in [0.25, 0.3) is 5.69 Å². The van der Waals surface area contributed by atoms with E-state index in [2.05, 4.69) is 10.0 Å². The number of nitro benzene ring substituents is 1. The molecule has 2 aromatic rings. The molecule has 8 heteroatoms. The zero-order chi connectivity index (χ0) is 17.4. The molecule has 126 valence electrons. The first kappa shape index (κ1) is 16.4. The van der Waals surface area contributed by atoms with E-state index in [4.69, 9.17) is 0 Å². The summed E-state index contributed by atoms with van der Waals surface area (Å²) in [6.45, 7) is 1.83. The Morgan fingerprint density at radius 1 is 1.12 bits per heavy atom. The van der Waals surface area contributed by atoms with Gasteiger partial charge < -0.3 is 5.32 Å². The number of nitro groups is 1. The first-order chi connectivity index (χ1) is 11.3. The SMILES string of the molecule is CC1(NS(=O)(=O)c2ccc([N+](=O)[O-])c(Nc3ccccc3)c2)CC1. The number of para-hydroxylation sites is 1. The maximum atomic E-state index is 12.5. The molecule has 0 radical (unpaired) electrons. The molecule has 0 unspecified atom stereocenters. The smallest absolute Gasteiger partial charge is 0.292 e. The summed E-state index contributed by atoms with van der Waals surface area (Å²) in [7, 11) is -3.73. The van der Waals surface area contributed by atoms with Crippen molar-refractivity contribution in [3.63, 3.8) is 0 Å². The number of benzene rings is 2. The van der Waals surface area contributed by atoms with E-state index >= 15 is 0 Å². The van der Waals surface area contributed by atoms with E-state index in [0.29, 0.717) is 5.69 Å². The highest BCUT2D eigenvalue weighted by Gasteiger charge is 2.41. The second-order valence-electron chi connectivity index (χ2n) is 6.09. The molecule has 1 fully saturated rings. The van der Waals surface area contributed by atoms with Crippen molar-refractivity contribution in [1.29, 1.82) is 0 Å². The van der Waals surface area contributed by atoms with Gasteiger partial charge in [0.1, 0.15) is 5.69 Å². The number of anilines is 2. The molecule has 0 aromatic heterocycles. The summed E-state index contributed by atoms with van der Waals surface area (Å²) in [5.74, 6) is 0. The Balaban J connectivity index is 1.98. The van der Waals surface area contributed by atoms with Crippen LogP contribution >= 0.6 is 0 Å². The van der Waals surface area contributed by atoms with Gasteiger partial charge in [-0.15, -0.1) is 0 Å². The van der Waals surface area contributed by atoms with Crippen molar-refractivity contribution >= 4 is 27.1 Å². The number of hydrogen-bond acceptors (Lipinski definition) is 5. The van der Waals surface area contributed by atoms with E-state index in [9.17, 15) is 18.5 Å². The third kappa shape index (κ3) is 3.55. The van der Waals surface area contributed by atoms with Crippen LogP contribution in [0, 0.1) is 10.1 Å². The minimum absolute atomic E-state index is 0.000318. The lowest BCUT2D eigenvalue weighted by molar-refractivity contribution is -0.384. The van der Waals surface area contributed by atoms with E-state index in [1.165, 1.54) is 18.2 Å². The molecule has 1 aliphatic carbocycles. The lowest BCUT2D eigenvalue weighted by Crippen LogP contribution is -2.34. The summed E-state index contributed by atoms with van der Waals surface area (Å²) >= 11 is 0. The molecule has 7 nitrogen and oxygen atoms in total. The first-order valence-corrected chi connectivity index (χ1v) is 8.92. The highest BCUT2D eigenvalue weighted by molar-refractivity contribution is 7.89. The maximum Gasteiger partial charge on any atom is 0.292 e. The second kappa shape index (κ2) is 5.88. The van der Waals surface area contributed by atoms with Crippen LogP contribution in [0.25, 0.3) is 0 Å². The van der Waals surface area contributed by atoms with Crippen molar-refractivity contribution in [2.24, 2.45) is 0 Å². The predicted molar refractivity (Wildman–Crippen MR) is 90.8 cm³/mol. The van der Waals surface area contributed by atoms with Crippen LogP contribution in [0.15, 0.2) is 53.4 Å². The van der Waals surface area contributed by atoms with Crippen molar-refractivity contribution in [3.8, 4) is 0 Å². The lowest BCUT2D eigenvalue weighted by atomic mass is 10.2. The van der Waals surface area contributed by atoms with Gasteiger partial charge in [0, 0.05) is 17.3 Å². The van der Waals surface area contributed by atoms with Crippen molar-refractivity contribution < 1.29 is 13.3 Å². The molecule has 2 N–H and O–H groups in total. The Bertz CT molecular complexity index is 877. The Hall–Kier alpha value is -2.45. The number of nitrogens with one attached hydrogen (secondary N) is 2. The van der Waals surface area contributed by atoms with Gasteiger partial charge in [-0.1, -0.05) is 18.2 Å². The molecule has 0 amide bonds. The fraction of sp³-hybridized carbons (Fsp3) is 0.250. The minimum atomic E-state index is -3.73. The monoisotopic (exact) mass is 347 g/mol. The van der Waals surface area contributed by atoms with Crippen LogP contribution in [0.1, 0.15) is 19.8 Å². The summed E-state index contributed by atoms with van der Waals surface area (Å²) in [5, 5.41) is 14.1. The van der Waals surface area contributed by atoms with Crippen molar-refractivity contribution in [3.05, 3.63) is 58.6 Å². The molecule has 0 bridgehead atoms. The fourth-order valence-electron chi connectivity index (χ4n) is 2.29. The average Bonchev–Trinajstić information content (AvgIpc) is 3.24. The van der Waals surface area contributed by atoms with Gasteiger partial charge >= 0.3 is 0 Å². The molecule has 1 saturated carbocycles. The first-order valence-electron chi connectivity index (χ1n) is 7.44. The van der Waals surface area contributed by atoms with Crippen LogP contribution in [-0.4, -0.2) is 18.9 Å². The maximum absolute atomic E-state index is 12.5. The Labute approximate surface area is 139 Å². The number of rotatable bonds is 6. The van der Waals surface area contributed by atoms with Crippen LogP contribution in [0.5, 0.6) is 0 Å². The molecule has 24 heavy (non-hydrogen) atoms. The number of sulfonamides is 1. The van der Waals surface area contributed by atoms with Crippen molar-refractivity contribution in [2.45, 2.75) is 30.2 Å². The lowest BCUT2D eigenvalue weighted by Gasteiger charge is -2.14. The van der Waals surface area contributed by atoms with Gasteiger partial charge in [-0.2, -0.15) is 0 Å². The third-order valence-corrected chi connectivity index (χ3v) is 5.54. The third-order valence-electron chi connectivity index (χ3n) is 3.91. The molecule has 0 spiro atoms. The topological polar surface area (TPSA) is 101 Å². The second-order valence-corrected chi connectivity index (χ2v) is 7.78. The van der Waals surface area contributed by atoms with E-state index in [0.717, 1.165) is 12.8 Å². The summed E-state index contributed by atoms with van der Waals surface area (Å²) in [5.41, 5.74) is 0.177. The number of nitrogens with zero attached hydrogens (tertiary/aromatic N) is 1. The standard InChI is InChI=1S/C16H17N3O4S/c1-16(9-10-16)18-24(22,23)13-7-8-15(19(20)21)14(11-13)17-12-5-3-2-4-6-12/h2-8,11,17-18H,9-10H2,1H3. The quantitative estimate of drug-likeness (QED) is 0.617. The van der Waals surface area contributed by atoms with Gasteiger partial charge in [0.2, 0.25) is 10.0 Å². The van der Waals surface area contributed by atoms with Gasteiger partial charge in [0.05, 0.1) is 9.82 Å². The summed E-state index contributed by atoms with van der Waals surface area (Å²) in [6, 6.07) is 12.6.